The van der Waals surface area contributed by atoms with Crippen molar-refractivity contribution < 1.29 is 27.1 Å². The van der Waals surface area contributed by atoms with Crippen molar-refractivity contribution >= 4 is 27.5 Å². The Kier molecular flexibility index (Phi) is 7.68. The first-order valence-electron chi connectivity index (χ1n) is 8.67. The van der Waals surface area contributed by atoms with Gasteiger partial charge in [0.15, 0.2) is 0 Å². The molecule has 10 heteroatoms. The first-order chi connectivity index (χ1) is 13.7. The van der Waals surface area contributed by atoms with Crippen molar-refractivity contribution in [1.82, 2.24) is 10.0 Å². The van der Waals surface area contributed by atoms with Crippen LogP contribution in [0.4, 0.5) is 10.1 Å². The predicted molar refractivity (Wildman–Crippen MR) is 106 cm³/mol. The lowest BCUT2D eigenvalue weighted by molar-refractivity contribution is -0.124. The second-order valence-electron chi connectivity index (χ2n) is 6.13. The lowest BCUT2D eigenvalue weighted by Crippen LogP contribution is -2.35. The van der Waals surface area contributed by atoms with E-state index < -0.39 is 27.7 Å². The molecule has 2 aromatic rings. The average Bonchev–Trinajstić information content (AvgIpc) is 2.67. The van der Waals surface area contributed by atoms with E-state index in [2.05, 4.69) is 15.4 Å². The summed E-state index contributed by atoms with van der Waals surface area (Å²) >= 11 is 0. The number of carbonyl (C=O) groups excluding carboxylic acids is 2. The zero-order valence-electron chi connectivity index (χ0n) is 16.0. The summed E-state index contributed by atoms with van der Waals surface area (Å²) in [6, 6.07) is 9.61. The quantitative estimate of drug-likeness (QED) is 0.567. The van der Waals surface area contributed by atoms with Crippen LogP contribution in [0.5, 0.6) is 5.75 Å². The third-order valence-electron chi connectivity index (χ3n) is 3.84. The maximum Gasteiger partial charge on any atom is 0.243 e. The molecule has 0 aromatic heterocycles. The summed E-state index contributed by atoms with van der Waals surface area (Å²) in [6.45, 7) is 1.42. The zero-order valence-corrected chi connectivity index (χ0v) is 16.8. The molecular formula is C19H22FN3O5S. The predicted octanol–water partition coefficient (Wildman–Crippen LogP) is 1.57. The molecule has 2 aromatic carbocycles. The van der Waals surface area contributed by atoms with Crippen LogP contribution in [0.15, 0.2) is 47.4 Å². The summed E-state index contributed by atoms with van der Waals surface area (Å²) in [5, 5.41) is 5.06. The van der Waals surface area contributed by atoms with Gasteiger partial charge in [-0.1, -0.05) is 6.07 Å². The van der Waals surface area contributed by atoms with Crippen molar-refractivity contribution in [2.75, 3.05) is 25.5 Å². The number of sulfonamides is 1. The number of benzene rings is 2. The van der Waals surface area contributed by atoms with Gasteiger partial charge in [-0.2, -0.15) is 0 Å². The highest BCUT2D eigenvalue weighted by Gasteiger charge is 2.15. The fraction of sp³-hybridized carbons (Fsp3) is 0.263. The number of halogens is 1. The summed E-state index contributed by atoms with van der Waals surface area (Å²) in [6.07, 6.45) is -0.165. The third-order valence-corrected chi connectivity index (χ3v) is 5.32. The molecule has 0 bridgehead atoms. The number of methoxy groups -OCH3 is 1. The van der Waals surface area contributed by atoms with E-state index in [9.17, 15) is 22.4 Å². The SMILES string of the molecule is COc1ccc(C)cc1NC(=O)CNC(=O)CCNS(=O)(=O)c1ccc(F)cc1. The largest absolute Gasteiger partial charge is 0.495 e. The van der Waals surface area contributed by atoms with Crippen molar-refractivity contribution in [2.45, 2.75) is 18.2 Å². The van der Waals surface area contributed by atoms with Crippen molar-refractivity contribution in [1.29, 1.82) is 0 Å². The fourth-order valence-electron chi connectivity index (χ4n) is 2.38. The molecule has 0 aliphatic heterocycles. The Hall–Kier alpha value is -2.98. The number of carbonyl (C=O) groups is 2. The first kappa shape index (κ1) is 22.3. The van der Waals surface area contributed by atoms with Gasteiger partial charge in [0.1, 0.15) is 11.6 Å². The van der Waals surface area contributed by atoms with E-state index in [1.807, 2.05) is 13.0 Å². The van der Waals surface area contributed by atoms with E-state index in [0.717, 1.165) is 29.8 Å². The number of aryl methyl sites for hydroxylation is 1. The van der Waals surface area contributed by atoms with Crippen LogP contribution in [0.2, 0.25) is 0 Å². The summed E-state index contributed by atoms with van der Waals surface area (Å²) in [5.41, 5.74) is 1.41. The summed E-state index contributed by atoms with van der Waals surface area (Å²) < 4.78 is 44.4. The lowest BCUT2D eigenvalue weighted by Gasteiger charge is -2.11. The number of ether oxygens (including phenoxy) is 1. The molecule has 2 amide bonds. The number of hydrogen-bond donors (Lipinski definition) is 3. The molecule has 8 nitrogen and oxygen atoms in total. The molecule has 29 heavy (non-hydrogen) atoms. The molecule has 0 atom stereocenters. The number of rotatable bonds is 9. The van der Waals surface area contributed by atoms with E-state index in [0.29, 0.717) is 11.4 Å². The van der Waals surface area contributed by atoms with Gasteiger partial charge in [-0.3, -0.25) is 9.59 Å². The molecule has 0 saturated heterocycles. The van der Waals surface area contributed by atoms with Gasteiger partial charge in [0.25, 0.3) is 0 Å². The van der Waals surface area contributed by atoms with Crippen molar-refractivity contribution in [3.63, 3.8) is 0 Å². The second-order valence-corrected chi connectivity index (χ2v) is 7.90. The zero-order chi connectivity index (χ0) is 21.4. The average molecular weight is 423 g/mol. The van der Waals surface area contributed by atoms with Crippen LogP contribution in [0, 0.1) is 12.7 Å². The number of amides is 2. The maximum atomic E-state index is 12.9. The van der Waals surface area contributed by atoms with Gasteiger partial charge < -0.3 is 15.4 Å². The van der Waals surface area contributed by atoms with Crippen LogP contribution >= 0.6 is 0 Å². The molecular weight excluding hydrogens is 401 g/mol. The van der Waals surface area contributed by atoms with Gasteiger partial charge in [-0.15, -0.1) is 0 Å². The molecule has 156 valence electrons. The Bertz CT molecular complexity index is 978. The molecule has 0 heterocycles. The molecule has 0 unspecified atom stereocenters. The molecule has 0 radical (unpaired) electrons. The molecule has 0 aliphatic carbocycles. The van der Waals surface area contributed by atoms with E-state index in [-0.39, 0.29) is 24.4 Å². The minimum Gasteiger partial charge on any atom is -0.495 e. The normalized spacial score (nSPS) is 11.0. The summed E-state index contributed by atoms with van der Waals surface area (Å²) in [4.78, 5) is 23.8. The van der Waals surface area contributed by atoms with E-state index in [1.54, 1.807) is 12.1 Å². The third kappa shape index (κ3) is 6.84. The lowest BCUT2D eigenvalue weighted by atomic mass is 10.2. The number of nitrogens with one attached hydrogen (secondary N) is 3. The van der Waals surface area contributed by atoms with Crippen molar-refractivity contribution in [3.05, 3.63) is 53.8 Å². The second kappa shape index (κ2) is 9.99. The standard InChI is InChI=1S/C19H22FN3O5S/c1-13-3-8-17(28-2)16(11-13)23-19(25)12-21-18(24)9-10-22-29(26,27)15-6-4-14(20)5-7-15/h3-8,11,22H,9-10,12H2,1-2H3,(H,21,24)(H,23,25). The monoisotopic (exact) mass is 423 g/mol. The summed E-state index contributed by atoms with van der Waals surface area (Å²) in [5.74, 6) is -1.01. The molecule has 3 N–H and O–H groups in total. The van der Waals surface area contributed by atoms with Crippen LogP contribution in [0.1, 0.15) is 12.0 Å². The molecule has 0 spiro atoms. The van der Waals surface area contributed by atoms with Gasteiger partial charge in [-0.05, 0) is 48.9 Å². The Labute approximate surface area is 168 Å². The van der Waals surface area contributed by atoms with Gasteiger partial charge >= 0.3 is 0 Å². The van der Waals surface area contributed by atoms with Crippen LogP contribution in [0.3, 0.4) is 0 Å². The highest BCUT2D eigenvalue weighted by atomic mass is 32.2. The van der Waals surface area contributed by atoms with Gasteiger partial charge in [0.05, 0.1) is 24.2 Å². The first-order valence-corrected chi connectivity index (χ1v) is 10.2. The topological polar surface area (TPSA) is 114 Å². The minimum absolute atomic E-state index is 0.106. The highest BCUT2D eigenvalue weighted by molar-refractivity contribution is 7.89. The van der Waals surface area contributed by atoms with E-state index >= 15 is 0 Å². The minimum atomic E-state index is -3.85. The Morgan fingerprint density at radius 3 is 2.41 bits per heavy atom. The van der Waals surface area contributed by atoms with Crippen molar-refractivity contribution in [2.24, 2.45) is 0 Å². The molecule has 0 aliphatic rings. The van der Waals surface area contributed by atoms with Crippen LogP contribution < -0.4 is 20.1 Å². The Morgan fingerprint density at radius 1 is 1.07 bits per heavy atom. The highest BCUT2D eigenvalue weighted by Crippen LogP contribution is 2.24. The van der Waals surface area contributed by atoms with E-state index in [1.165, 1.54) is 7.11 Å². The molecule has 2 rings (SSSR count). The van der Waals surface area contributed by atoms with E-state index in [4.69, 9.17) is 4.74 Å². The van der Waals surface area contributed by atoms with Crippen LogP contribution in [0.25, 0.3) is 0 Å². The molecule has 0 saturated carbocycles. The number of hydrogen-bond acceptors (Lipinski definition) is 5. The number of anilines is 1. The Balaban J connectivity index is 1.77. The van der Waals surface area contributed by atoms with Crippen molar-refractivity contribution in [3.8, 4) is 5.75 Å². The van der Waals surface area contributed by atoms with Crippen LogP contribution in [-0.4, -0.2) is 40.4 Å². The maximum absolute atomic E-state index is 12.9. The Morgan fingerprint density at radius 2 is 1.76 bits per heavy atom. The van der Waals surface area contributed by atoms with Gasteiger partial charge in [0, 0.05) is 13.0 Å². The smallest absolute Gasteiger partial charge is 0.243 e. The van der Waals surface area contributed by atoms with Gasteiger partial charge in [-0.25, -0.2) is 17.5 Å². The molecule has 0 fully saturated rings. The van der Waals surface area contributed by atoms with Crippen LogP contribution in [-0.2, 0) is 19.6 Å². The fourth-order valence-corrected chi connectivity index (χ4v) is 3.41. The summed E-state index contributed by atoms with van der Waals surface area (Å²) in [7, 11) is -2.37. The van der Waals surface area contributed by atoms with Gasteiger partial charge in [0.2, 0.25) is 21.8 Å².